The van der Waals surface area contributed by atoms with Crippen molar-refractivity contribution in [1.29, 1.82) is 0 Å². The second-order valence-corrected chi connectivity index (χ2v) is 5.97. The SMILES string of the molecule is Cc1cc(Oc2nc(C(C)(C)C)ns2)ccc1N. The Morgan fingerprint density at radius 2 is 2.00 bits per heavy atom. The van der Waals surface area contributed by atoms with Crippen molar-refractivity contribution in [3.05, 3.63) is 29.6 Å². The summed E-state index contributed by atoms with van der Waals surface area (Å²) in [6.45, 7) is 8.17. The zero-order valence-electron chi connectivity index (χ0n) is 11.0. The van der Waals surface area contributed by atoms with Crippen LogP contribution in [0.15, 0.2) is 18.2 Å². The third-order valence-electron chi connectivity index (χ3n) is 2.52. The molecule has 0 atom stereocenters. The summed E-state index contributed by atoms with van der Waals surface area (Å²) < 4.78 is 9.98. The van der Waals surface area contributed by atoms with Crippen LogP contribution in [0.2, 0.25) is 0 Å². The van der Waals surface area contributed by atoms with Crippen molar-refractivity contribution < 1.29 is 4.74 Å². The van der Waals surface area contributed by atoms with Crippen LogP contribution in [-0.2, 0) is 5.41 Å². The van der Waals surface area contributed by atoms with E-state index in [1.54, 1.807) is 0 Å². The van der Waals surface area contributed by atoms with Crippen LogP contribution >= 0.6 is 11.5 Å². The van der Waals surface area contributed by atoms with E-state index in [0.29, 0.717) is 5.19 Å². The van der Waals surface area contributed by atoms with E-state index in [4.69, 9.17) is 10.5 Å². The maximum Gasteiger partial charge on any atom is 0.298 e. The molecule has 0 unspecified atom stereocenters. The molecule has 0 fully saturated rings. The molecule has 0 spiro atoms. The van der Waals surface area contributed by atoms with Gasteiger partial charge in [0.1, 0.15) is 5.75 Å². The standard InChI is InChI=1S/C13H17N3OS/c1-8-7-9(5-6-10(8)14)17-12-15-11(16-18-12)13(2,3)4/h5-7H,14H2,1-4H3. The van der Waals surface area contributed by atoms with Crippen molar-refractivity contribution >= 4 is 17.2 Å². The number of anilines is 1. The molecule has 2 rings (SSSR count). The molecule has 1 aromatic heterocycles. The molecule has 1 aromatic carbocycles. The van der Waals surface area contributed by atoms with Crippen LogP contribution in [0.4, 0.5) is 5.69 Å². The number of hydrogen-bond donors (Lipinski definition) is 1. The second-order valence-electron chi connectivity index (χ2n) is 5.25. The van der Waals surface area contributed by atoms with Crippen molar-refractivity contribution in [2.24, 2.45) is 0 Å². The number of aryl methyl sites for hydroxylation is 1. The summed E-state index contributed by atoms with van der Waals surface area (Å²) in [5, 5.41) is 0.559. The summed E-state index contributed by atoms with van der Waals surface area (Å²) in [5.41, 5.74) is 7.45. The van der Waals surface area contributed by atoms with E-state index in [-0.39, 0.29) is 5.41 Å². The predicted molar refractivity (Wildman–Crippen MR) is 74.3 cm³/mol. The highest BCUT2D eigenvalue weighted by Crippen LogP contribution is 2.29. The summed E-state index contributed by atoms with van der Waals surface area (Å²) in [6.07, 6.45) is 0. The van der Waals surface area contributed by atoms with Crippen molar-refractivity contribution in [3.63, 3.8) is 0 Å². The van der Waals surface area contributed by atoms with Crippen LogP contribution in [0, 0.1) is 6.92 Å². The third-order valence-corrected chi connectivity index (χ3v) is 3.12. The van der Waals surface area contributed by atoms with Crippen LogP contribution in [0.3, 0.4) is 0 Å². The Labute approximate surface area is 111 Å². The third kappa shape index (κ3) is 2.79. The van der Waals surface area contributed by atoms with E-state index in [2.05, 4.69) is 30.1 Å². The smallest absolute Gasteiger partial charge is 0.298 e. The lowest BCUT2D eigenvalue weighted by atomic mass is 9.96. The zero-order chi connectivity index (χ0) is 13.3. The first-order valence-corrected chi connectivity index (χ1v) is 6.52. The molecule has 18 heavy (non-hydrogen) atoms. The molecule has 2 aromatic rings. The zero-order valence-corrected chi connectivity index (χ0v) is 11.8. The van der Waals surface area contributed by atoms with Gasteiger partial charge < -0.3 is 10.5 Å². The monoisotopic (exact) mass is 263 g/mol. The van der Waals surface area contributed by atoms with E-state index in [9.17, 15) is 0 Å². The summed E-state index contributed by atoms with van der Waals surface area (Å²) in [5.74, 6) is 1.54. The first-order chi connectivity index (χ1) is 8.36. The minimum Gasteiger partial charge on any atom is -0.430 e. The van der Waals surface area contributed by atoms with Gasteiger partial charge in [0.2, 0.25) is 0 Å². The molecule has 0 amide bonds. The number of benzene rings is 1. The van der Waals surface area contributed by atoms with Gasteiger partial charge in [0.25, 0.3) is 5.19 Å². The molecule has 0 aliphatic heterocycles. The highest BCUT2D eigenvalue weighted by atomic mass is 32.1. The number of hydrogen-bond acceptors (Lipinski definition) is 5. The second kappa shape index (κ2) is 4.57. The van der Waals surface area contributed by atoms with Crippen LogP contribution < -0.4 is 10.5 Å². The highest BCUT2D eigenvalue weighted by Gasteiger charge is 2.20. The molecule has 0 saturated carbocycles. The van der Waals surface area contributed by atoms with E-state index < -0.39 is 0 Å². The minimum atomic E-state index is -0.0604. The molecule has 2 N–H and O–H groups in total. The van der Waals surface area contributed by atoms with Crippen molar-refractivity contribution in [3.8, 4) is 10.9 Å². The maximum absolute atomic E-state index is 5.76. The van der Waals surface area contributed by atoms with Crippen LogP contribution in [0.1, 0.15) is 32.2 Å². The number of aromatic nitrogens is 2. The lowest BCUT2D eigenvalue weighted by Crippen LogP contribution is -2.12. The summed E-state index contributed by atoms with van der Waals surface area (Å²) in [6, 6.07) is 5.56. The number of nitrogen functional groups attached to an aromatic ring is 1. The van der Waals surface area contributed by atoms with Gasteiger partial charge in [-0.2, -0.15) is 9.36 Å². The number of ether oxygens (including phenoxy) is 1. The Balaban J connectivity index is 2.19. The average molecular weight is 263 g/mol. The van der Waals surface area contributed by atoms with Crippen molar-refractivity contribution in [2.75, 3.05) is 5.73 Å². The normalized spacial score (nSPS) is 11.6. The van der Waals surface area contributed by atoms with Crippen molar-refractivity contribution in [1.82, 2.24) is 9.36 Å². The van der Waals surface area contributed by atoms with Gasteiger partial charge in [-0.25, -0.2) is 0 Å². The average Bonchev–Trinajstić information content (AvgIpc) is 2.72. The largest absolute Gasteiger partial charge is 0.430 e. The predicted octanol–water partition coefficient (Wildman–Crippen LogP) is 3.52. The minimum absolute atomic E-state index is 0.0604. The fraction of sp³-hybridized carbons (Fsp3) is 0.385. The fourth-order valence-corrected chi connectivity index (χ4v) is 2.11. The molecular formula is C13H17N3OS. The Morgan fingerprint density at radius 1 is 1.28 bits per heavy atom. The van der Waals surface area contributed by atoms with Crippen molar-refractivity contribution in [2.45, 2.75) is 33.1 Å². The first-order valence-electron chi connectivity index (χ1n) is 5.74. The quantitative estimate of drug-likeness (QED) is 0.842. The fourth-order valence-electron chi connectivity index (χ4n) is 1.37. The molecule has 1 heterocycles. The number of nitrogens with zero attached hydrogens (tertiary/aromatic N) is 2. The van der Waals surface area contributed by atoms with Gasteiger partial charge in [0.15, 0.2) is 5.82 Å². The lowest BCUT2D eigenvalue weighted by molar-refractivity contribution is 0.468. The van der Waals surface area contributed by atoms with Gasteiger partial charge in [-0.05, 0) is 30.7 Å². The number of nitrogens with two attached hydrogens (primary N) is 1. The van der Waals surface area contributed by atoms with Gasteiger partial charge in [0, 0.05) is 22.6 Å². The van der Waals surface area contributed by atoms with E-state index in [0.717, 1.165) is 22.8 Å². The first kappa shape index (κ1) is 12.8. The number of rotatable bonds is 2. The van der Waals surface area contributed by atoms with Crippen LogP contribution in [0.5, 0.6) is 10.9 Å². The highest BCUT2D eigenvalue weighted by molar-refractivity contribution is 7.07. The molecule has 0 aliphatic carbocycles. The molecule has 0 aliphatic rings. The maximum atomic E-state index is 5.76. The molecule has 96 valence electrons. The van der Waals surface area contributed by atoms with Crippen LogP contribution in [0.25, 0.3) is 0 Å². The molecule has 5 heteroatoms. The Bertz CT molecular complexity index is 558. The Morgan fingerprint density at radius 3 is 2.56 bits per heavy atom. The summed E-state index contributed by atoms with van der Waals surface area (Å²) >= 11 is 1.27. The van der Waals surface area contributed by atoms with Gasteiger partial charge >= 0.3 is 0 Å². The van der Waals surface area contributed by atoms with E-state index in [1.165, 1.54) is 11.5 Å². The molecule has 4 nitrogen and oxygen atoms in total. The molecular weight excluding hydrogens is 246 g/mol. The topological polar surface area (TPSA) is 61.0 Å². The van der Waals surface area contributed by atoms with Gasteiger partial charge in [-0.15, -0.1) is 0 Å². The molecule has 0 saturated heterocycles. The Kier molecular flexibility index (Phi) is 3.26. The van der Waals surface area contributed by atoms with Crippen LogP contribution in [-0.4, -0.2) is 9.36 Å². The Hall–Kier alpha value is -1.62. The van der Waals surface area contributed by atoms with Gasteiger partial charge in [-0.3, -0.25) is 0 Å². The summed E-state index contributed by atoms with van der Waals surface area (Å²) in [7, 11) is 0. The van der Waals surface area contributed by atoms with Gasteiger partial charge in [0.05, 0.1) is 0 Å². The van der Waals surface area contributed by atoms with E-state index >= 15 is 0 Å². The lowest BCUT2D eigenvalue weighted by Gasteiger charge is -2.12. The van der Waals surface area contributed by atoms with Gasteiger partial charge in [-0.1, -0.05) is 20.8 Å². The molecule has 0 bridgehead atoms. The molecule has 0 radical (unpaired) electrons. The summed E-state index contributed by atoms with van der Waals surface area (Å²) in [4.78, 5) is 4.38. The van der Waals surface area contributed by atoms with E-state index in [1.807, 2.05) is 25.1 Å².